The summed E-state index contributed by atoms with van der Waals surface area (Å²) in [7, 11) is -1.47. The molecule has 5 aromatic rings. The average Bonchev–Trinajstić information content (AvgIpc) is 2.92. The van der Waals surface area contributed by atoms with Gasteiger partial charge in [-0.2, -0.15) is 0 Å². The van der Waals surface area contributed by atoms with Gasteiger partial charge in [-0.25, -0.2) is 27.2 Å². The van der Waals surface area contributed by atoms with Gasteiger partial charge in [0.2, 0.25) is 5.88 Å². The minimum atomic E-state index is -4.42. The molecular formula is C29H24F2N4O4S. The number of methoxy groups -OCH3 is 2. The fraction of sp³-hybridized carbons (Fsp3) is 0.103. The molecule has 204 valence electrons. The number of nitrogens with zero attached hydrogens (tertiary/aromatic N) is 2. The molecule has 0 aliphatic carbocycles. The highest BCUT2D eigenvalue weighted by Crippen LogP contribution is 2.35. The fourth-order valence-electron chi connectivity index (χ4n) is 4.39. The van der Waals surface area contributed by atoms with Crippen LogP contribution in [0.5, 0.6) is 5.88 Å². The van der Waals surface area contributed by atoms with Crippen LogP contribution in [0.15, 0.2) is 83.9 Å². The lowest BCUT2D eigenvalue weighted by atomic mass is 9.97. The van der Waals surface area contributed by atoms with Crippen LogP contribution in [0.1, 0.15) is 5.56 Å². The number of aromatic nitrogens is 2. The second kappa shape index (κ2) is 10.9. The van der Waals surface area contributed by atoms with Gasteiger partial charge in [0.1, 0.15) is 28.0 Å². The zero-order valence-corrected chi connectivity index (χ0v) is 22.3. The monoisotopic (exact) mass is 562 g/mol. The molecule has 0 unspecified atom stereocenters. The summed E-state index contributed by atoms with van der Waals surface area (Å²) >= 11 is 0. The maximum atomic E-state index is 14.2. The fourth-order valence-corrected chi connectivity index (χ4v) is 5.50. The van der Waals surface area contributed by atoms with E-state index in [2.05, 4.69) is 14.7 Å². The highest BCUT2D eigenvalue weighted by atomic mass is 32.2. The van der Waals surface area contributed by atoms with E-state index in [0.717, 1.165) is 34.2 Å². The predicted molar refractivity (Wildman–Crippen MR) is 149 cm³/mol. The Labute approximate surface area is 229 Å². The highest BCUT2D eigenvalue weighted by Gasteiger charge is 2.22. The van der Waals surface area contributed by atoms with Gasteiger partial charge in [0, 0.05) is 35.9 Å². The SMILES string of the molecule is COCc1ccccc1-c1cc2cc(-c3cnc(OC)c(NS(=O)(=O)c4ccc(F)cc4F)c3)ccc2nc1N. The highest BCUT2D eigenvalue weighted by molar-refractivity contribution is 7.92. The van der Waals surface area contributed by atoms with Crippen molar-refractivity contribution in [3.05, 3.63) is 96.2 Å². The van der Waals surface area contributed by atoms with Gasteiger partial charge in [-0.3, -0.25) is 4.72 Å². The summed E-state index contributed by atoms with van der Waals surface area (Å²) in [6, 6.07) is 18.9. The maximum Gasteiger partial charge on any atom is 0.264 e. The van der Waals surface area contributed by atoms with Crippen molar-refractivity contribution in [1.29, 1.82) is 0 Å². The Morgan fingerprint density at radius 3 is 2.48 bits per heavy atom. The number of hydrogen-bond donors (Lipinski definition) is 2. The van der Waals surface area contributed by atoms with Gasteiger partial charge >= 0.3 is 0 Å². The van der Waals surface area contributed by atoms with Crippen LogP contribution in [0, 0.1) is 11.6 Å². The molecule has 0 aliphatic heterocycles. The molecule has 0 saturated carbocycles. The molecule has 11 heteroatoms. The minimum absolute atomic E-state index is 0.0200. The molecule has 0 saturated heterocycles. The van der Waals surface area contributed by atoms with E-state index in [1.54, 1.807) is 19.2 Å². The van der Waals surface area contributed by atoms with Crippen LogP contribution in [-0.2, 0) is 21.4 Å². The first-order chi connectivity index (χ1) is 19.2. The quantitative estimate of drug-likeness (QED) is 0.246. The molecule has 0 spiro atoms. The molecule has 0 fully saturated rings. The Balaban J connectivity index is 1.56. The van der Waals surface area contributed by atoms with Crippen molar-refractivity contribution in [3.63, 3.8) is 0 Å². The normalized spacial score (nSPS) is 11.5. The van der Waals surface area contributed by atoms with Crippen LogP contribution in [0.3, 0.4) is 0 Å². The summed E-state index contributed by atoms with van der Waals surface area (Å²) in [6.07, 6.45) is 1.52. The number of nitrogen functional groups attached to an aromatic ring is 1. The molecule has 3 aromatic carbocycles. The molecule has 2 aromatic heterocycles. The van der Waals surface area contributed by atoms with E-state index in [0.29, 0.717) is 35.1 Å². The Morgan fingerprint density at radius 1 is 0.925 bits per heavy atom. The van der Waals surface area contributed by atoms with Crippen LogP contribution in [0.4, 0.5) is 20.3 Å². The number of nitrogens with two attached hydrogens (primary N) is 1. The Hall–Kier alpha value is -4.61. The average molecular weight is 563 g/mol. The molecule has 2 heterocycles. The van der Waals surface area contributed by atoms with Gasteiger partial charge in [0.25, 0.3) is 10.0 Å². The first kappa shape index (κ1) is 27.0. The van der Waals surface area contributed by atoms with Crippen LogP contribution in [0.25, 0.3) is 33.2 Å². The lowest BCUT2D eigenvalue weighted by Crippen LogP contribution is -2.15. The topological polar surface area (TPSA) is 116 Å². The number of nitrogens with one attached hydrogen (secondary N) is 1. The van der Waals surface area contributed by atoms with E-state index in [4.69, 9.17) is 15.2 Å². The third-order valence-corrected chi connectivity index (χ3v) is 7.66. The summed E-state index contributed by atoms with van der Waals surface area (Å²) in [4.78, 5) is 8.09. The molecule has 40 heavy (non-hydrogen) atoms. The second-order valence-electron chi connectivity index (χ2n) is 8.88. The number of rotatable bonds is 8. The number of pyridine rings is 2. The third kappa shape index (κ3) is 5.29. The van der Waals surface area contributed by atoms with Gasteiger partial charge in [0.05, 0.1) is 19.2 Å². The maximum absolute atomic E-state index is 14.2. The molecule has 0 aliphatic rings. The predicted octanol–water partition coefficient (Wildman–Crippen LogP) is 5.78. The molecule has 0 radical (unpaired) electrons. The molecule has 8 nitrogen and oxygen atoms in total. The Morgan fingerprint density at radius 2 is 1.73 bits per heavy atom. The van der Waals surface area contributed by atoms with Crippen molar-refractivity contribution < 1.29 is 26.7 Å². The van der Waals surface area contributed by atoms with Crippen molar-refractivity contribution in [2.24, 2.45) is 0 Å². The van der Waals surface area contributed by atoms with Crippen LogP contribution in [-0.4, -0.2) is 32.6 Å². The first-order valence-corrected chi connectivity index (χ1v) is 13.5. The third-order valence-electron chi connectivity index (χ3n) is 6.26. The molecule has 0 atom stereocenters. The number of anilines is 2. The van der Waals surface area contributed by atoms with Crippen molar-refractivity contribution in [2.75, 3.05) is 24.7 Å². The summed E-state index contributed by atoms with van der Waals surface area (Å²) in [5.74, 6) is -1.77. The van der Waals surface area contributed by atoms with Crippen molar-refractivity contribution >= 4 is 32.4 Å². The van der Waals surface area contributed by atoms with E-state index in [-0.39, 0.29) is 11.6 Å². The summed E-state index contributed by atoms with van der Waals surface area (Å²) < 4.78 is 66.3. The van der Waals surface area contributed by atoms with E-state index >= 15 is 0 Å². The number of fused-ring (bicyclic) bond motifs is 1. The van der Waals surface area contributed by atoms with E-state index in [1.165, 1.54) is 19.4 Å². The molecular weight excluding hydrogens is 538 g/mol. The standard InChI is InChI=1S/C29H24F2N4O4S/c1-38-16-18-5-3-4-6-22(18)23-12-19-11-17(7-9-25(19)34-28(23)32)20-13-26(29(39-2)33-15-20)35-40(36,37)27-10-8-21(30)14-24(27)31/h3-15,35H,16H2,1-2H3,(H2,32,34). The van der Waals surface area contributed by atoms with Crippen LogP contribution < -0.4 is 15.2 Å². The Kier molecular flexibility index (Phi) is 7.33. The van der Waals surface area contributed by atoms with Gasteiger partial charge < -0.3 is 15.2 Å². The number of hydrogen-bond acceptors (Lipinski definition) is 7. The summed E-state index contributed by atoms with van der Waals surface area (Å²) in [5.41, 5.74) is 10.8. The van der Waals surface area contributed by atoms with Gasteiger partial charge in [-0.05, 0) is 53.1 Å². The summed E-state index contributed by atoms with van der Waals surface area (Å²) in [5, 5.41) is 0.792. The molecule has 5 rings (SSSR count). The van der Waals surface area contributed by atoms with Gasteiger partial charge in [0.15, 0.2) is 0 Å². The van der Waals surface area contributed by atoms with Crippen molar-refractivity contribution in [2.45, 2.75) is 11.5 Å². The number of sulfonamides is 1. The lowest BCUT2D eigenvalue weighted by molar-refractivity contribution is 0.185. The molecule has 0 bridgehead atoms. The van der Waals surface area contributed by atoms with Gasteiger partial charge in [-0.15, -0.1) is 0 Å². The summed E-state index contributed by atoms with van der Waals surface area (Å²) in [6.45, 7) is 0.408. The largest absolute Gasteiger partial charge is 0.480 e. The minimum Gasteiger partial charge on any atom is -0.480 e. The number of benzene rings is 3. The first-order valence-electron chi connectivity index (χ1n) is 12.0. The molecule has 3 N–H and O–H groups in total. The number of halogens is 2. The zero-order valence-electron chi connectivity index (χ0n) is 21.5. The molecule has 0 amide bonds. The van der Waals surface area contributed by atoms with Gasteiger partial charge in [-0.1, -0.05) is 30.3 Å². The van der Waals surface area contributed by atoms with Crippen LogP contribution >= 0.6 is 0 Å². The van der Waals surface area contributed by atoms with E-state index < -0.39 is 26.6 Å². The second-order valence-corrected chi connectivity index (χ2v) is 10.5. The smallest absolute Gasteiger partial charge is 0.264 e. The zero-order chi connectivity index (χ0) is 28.4. The number of ether oxygens (including phenoxy) is 2. The van der Waals surface area contributed by atoms with E-state index in [9.17, 15) is 17.2 Å². The lowest BCUT2D eigenvalue weighted by Gasteiger charge is -2.14. The van der Waals surface area contributed by atoms with E-state index in [1.807, 2.05) is 36.4 Å². The van der Waals surface area contributed by atoms with Crippen LogP contribution in [0.2, 0.25) is 0 Å². The Bertz CT molecular complexity index is 1850. The van der Waals surface area contributed by atoms with Crippen molar-refractivity contribution in [1.82, 2.24) is 9.97 Å². The van der Waals surface area contributed by atoms with Crippen molar-refractivity contribution in [3.8, 4) is 28.1 Å².